The van der Waals surface area contributed by atoms with Crippen LogP contribution < -0.4 is 15.5 Å². The Morgan fingerprint density at radius 3 is 3.00 bits per heavy atom. The minimum absolute atomic E-state index is 0.0206. The van der Waals surface area contributed by atoms with Crippen molar-refractivity contribution in [3.63, 3.8) is 0 Å². The number of aromatic nitrogens is 4. The number of hydrogen-bond acceptors (Lipinski definition) is 6. The number of nitrogens with one attached hydrogen (secondary N) is 3. The Balaban J connectivity index is 1.51. The first-order chi connectivity index (χ1) is 12.6. The summed E-state index contributed by atoms with van der Waals surface area (Å²) in [5, 5.41) is 13.5. The molecule has 2 aromatic heterocycles. The summed E-state index contributed by atoms with van der Waals surface area (Å²) in [6.07, 6.45) is 10.5. The molecule has 3 heterocycles. The molecule has 2 aromatic rings. The number of nitrogens with zero attached hydrogens (tertiary/aromatic N) is 4. The van der Waals surface area contributed by atoms with E-state index in [0.29, 0.717) is 35.6 Å². The van der Waals surface area contributed by atoms with Crippen molar-refractivity contribution in [1.82, 2.24) is 25.5 Å². The fourth-order valence-electron chi connectivity index (χ4n) is 3.20. The Labute approximate surface area is 151 Å². The summed E-state index contributed by atoms with van der Waals surface area (Å²) in [6.45, 7) is 3.00. The smallest absolute Gasteiger partial charge is 0.227 e. The van der Waals surface area contributed by atoms with Gasteiger partial charge in [-0.15, -0.1) is 6.42 Å². The van der Waals surface area contributed by atoms with Crippen molar-refractivity contribution in [3.05, 3.63) is 23.5 Å². The van der Waals surface area contributed by atoms with Gasteiger partial charge in [-0.3, -0.25) is 9.89 Å². The van der Waals surface area contributed by atoms with E-state index in [4.69, 9.17) is 6.42 Å². The fourth-order valence-corrected chi connectivity index (χ4v) is 3.20. The molecule has 1 saturated heterocycles. The Hall–Kier alpha value is -3.08. The molecular formula is C18H21N7O. The second kappa shape index (κ2) is 6.67. The highest BCUT2D eigenvalue weighted by molar-refractivity contribution is 5.73. The number of aromatic amines is 1. The third-order valence-corrected chi connectivity index (χ3v) is 4.67. The zero-order chi connectivity index (χ0) is 18.1. The van der Waals surface area contributed by atoms with E-state index in [1.54, 1.807) is 6.20 Å². The molecule has 2 fully saturated rings. The van der Waals surface area contributed by atoms with Gasteiger partial charge in [0.25, 0.3) is 0 Å². The third kappa shape index (κ3) is 3.47. The predicted molar refractivity (Wildman–Crippen MR) is 98.2 cm³/mol. The van der Waals surface area contributed by atoms with E-state index in [1.165, 1.54) is 19.8 Å². The Morgan fingerprint density at radius 2 is 2.27 bits per heavy atom. The van der Waals surface area contributed by atoms with Gasteiger partial charge in [0.2, 0.25) is 11.9 Å². The highest BCUT2D eigenvalue weighted by atomic mass is 16.1. The molecule has 1 unspecified atom stereocenters. The minimum Gasteiger partial charge on any atom is -0.352 e. The summed E-state index contributed by atoms with van der Waals surface area (Å²) in [7, 11) is 0. The van der Waals surface area contributed by atoms with Crippen LogP contribution in [0.2, 0.25) is 0 Å². The SMILES string of the molecule is C#Cc1cnc(N2CCC(NC(C)=O)C2)nc1Nc1cc(C2CC2)[nH]n1. The van der Waals surface area contributed by atoms with Crippen LogP contribution in [0.1, 0.15) is 43.4 Å². The molecule has 26 heavy (non-hydrogen) atoms. The quantitative estimate of drug-likeness (QED) is 0.707. The lowest BCUT2D eigenvalue weighted by Crippen LogP contribution is -2.35. The molecule has 0 bridgehead atoms. The summed E-state index contributed by atoms with van der Waals surface area (Å²) in [4.78, 5) is 22.3. The van der Waals surface area contributed by atoms with E-state index < -0.39 is 0 Å². The van der Waals surface area contributed by atoms with Gasteiger partial charge < -0.3 is 15.5 Å². The Bertz CT molecular complexity index is 865. The van der Waals surface area contributed by atoms with Crippen LogP contribution in [0.25, 0.3) is 0 Å². The average molecular weight is 351 g/mol. The van der Waals surface area contributed by atoms with Gasteiger partial charge in [-0.25, -0.2) is 4.98 Å². The Kier molecular flexibility index (Phi) is 4.21. The zero-order valence-electron chi connectivity index (χ0n) is 14.6. The maximum Gasteiger partial charge on any atom is 0.227 e. The largest absolute Gasteiger partial charge is 0.352 e. The molecule has 0 radical (unpaired) electrons. The molecule has 0 spiro atoms. The molecule has 1 atom stereocenters. The number of H-pyrrole nitrogens is 1. The maximum absolute atomic E-state index is 11.2. The van der Waals surface area contributed by atoms with Crippen LogP contribution in [0.15, 0.2) is 12.3 Å². The second-order valence-corrected chi connectivity index (χ2v) is 6.82. The standard InChI is InChI=1S/C18H21N7O/c1-3-12-9-19-18(25-7-6-14(10-25)20-11(2)26)22-17(12)21-16-8-15(23-24-16)13-4-5-13/h1,8-9,13-14H,4-7,10H2,2H3,(H,20,26)(H2,19,21,22,23,24). The van der Waals surface area contributed by atoms with Crippen LogP contribution >= 0.6 is 0 Å². The summed E-state index contributed by atoms with van der Waals surface area (Å²) >= 11 is 0. The maximum atomic E-state index is 11.2. The second-order valence-electron chi connectivity index (χ2n) is 6.82. The van der Waals surface area contributed by atoms with E-state index >= 15 is 0 Å². The minimum atomic E-state index is -0.0206. The van der Waals surface area contributed by atoms with Gasteiger partial charge in [-0.05, 0) is 19.3 Å². The van der Waals surface area contributed by atoms with E-state index in [9.17, 15) is 4.79 Å². The van der Waals surface area contributed by atoms with Crippen LogP contribution in [0, 0.1) is 12.3 Å². The van der Waals surface area contributed by atoms with Gasteiger partial charge in [0.15, 0.2) is 11.6 Å². The number of hydrogen-bond donors (Lipinski definition) is 3. The molecule has 2 aliphatic rings. The monoisotopic (exact) mass is 351 g/mol. The molecule has 4 rings (SSSR count). The number of carbonyl (C=O) groups excluding carboxylic acids is 1. The van der Waals surface area contributed by atoms with Gasteiger partial charge in [0, 0.05) is 43.7 Å². The molecule has 1 saturated carbocycles. The molecule has 8 heteroatoms. The van der Waals surface area contributed by atoms with Gasteiger partial charge >= 0.3 is 0 Å². The van der Waals surface area contributed by atoms with Crippen molar-refractivity contribution in [3.8, 4) is 12.3 Å². The van der Waals surface area contributed by atoms with Crippen LogP contribution in [0.5, 0.6) is 0 Å². The van der Waals surface area contributed by atoms with E-state index in [1.807, 2.05) is 11.0 Å². The van der Waals surface area contributed by atoms with Crippen molar-refractivity contribution in [2.75, 3.05) is 23.3 Å². The van der Waals surface area contributed by atoms with Crippen molar-refractivity contribution in [1.29, 1.82) is 0 Å². The number of amides is 1. The first-order valence-electron chi connectivity index (χ1n) is 8.80. The molecule has 8 nitrogen and oxygen atoms in total. The molecule has 3 N–H and O–H groups in total. The summed E-state index contributed by atoms with van der Waals surface area (Å²) in [5.41, 5.74) is 1.73. The molecule has 0 aromatic carbocycles. The van der Waals surface area contributed by atoms with Gasteiger partial charge in [0.05, 0.1) is 11.8 Å². The van der Waals surface area contributed by atoms with E-state index in [2.05, 4.69) is 36.7 Å². The predicted octanol–water partition coefficient (Wildman–Crippen LogP) is 1.52. The normalized spacial score (nSPS) is 19.2. The summed E-state index contributed by atoms with van der Waals surface area (Å²) in [5.74, 6) is 5.05. The number of anilines is 3. The summed E-state index contributed by atoms with van der Waals surface area (Å²) in [6, 6.07) is 2.12. The summed E-state index contributed by atoms with van der Waals surface area (Å²) < 4.78 is 0. The fraction of sp³-hybridized carbons (Fsp3) is 0.444. The highest BCUT2D eigenvalue weighted by Crippen LogP contribution is 2.39. The Morgan fingerprint density at radius 1 is 1.42 bits per heavy atom. The molecular weight excluding hydrogens is 330 g/mol. The highest BCUT2D eigenvalue weighted by Gasteiger charge is 2.27. The lowest BCUT2D eigenvalue weighted by Gasteiger charge is -2.17. The molecule has 134 valence electrons. The van der Waals surface area contributed by atoms with Crippen LogP contribution in [-0.2, 0) is 4.79 Å². The number of rotatable bonds is 5. The van der Waals surface area contributed by atoms with Crippen molar-refractivity contribution in [2.24, 2.45) is 0 Å². The number of terminal acetylenes is 1. The van der Waals surface area contributed by atoms with Crippen molar-refractivity contribution in [2.45, 2.75) is 38.1 Å². The lowest BCUT2D eigenvalue weighted by molar-refractivity contribution is -0.119. The topological polar surface area (TPSA) is 98.8 Å². The average Bonchev–Trinajstić information content (AvgIpc) is 3.19. The van der Waals surface area contributed by atoms with Gasteiger partial charge in [0.1, 0.15) is 0 Å². The third-order valence-electron chi connectivity index (χ3n) is 4.67. The van der Waals surface area contributed by atoms with Gasteiger partial charge in [-0.1, -0.05) is 5.92 Å². The zero-order valence-corrected chi connectivity index (χ0v) is 14.6. The molecule has 1 amide bonds. The first-order valence-corrected chi connectivity index (χ1v) is 8.80. The van der Waals surface area contributed by atoms with E-state index in [-0.39, 0.29) is 11.9 Å². The van der Waals surface area contributed by atoms with Crippen LogP contribution in [0.4, 0.5) is 17.6 Å². The van der Waals surface area contributed by atoms with Crippen molar-refractivity contribution >= 4 is 23.5 Å². The van der Waals surface area contributed by atoms with Crippen LogP contribution in [0.3, 0.4) is 0 Å². The molecule has 1 aliphatic carbocycles. The first kappa shape index (κ1) is 16.4. The lowest BCUT2D eigenvalue weighted by atomic mass is 10.3. The number of carbonyl (C=O) groups is 1. The van der Waals surface area contributed by atoms with E-state index in [0.717, 1.165) is 18.7 Å². The molecule has 1 aliphatic heterocycles. The van der Waals surface area contributed by atoms with Gasteiger partial charge in [-0.2, -0.15) is 10.1 Å². The van der Waals surface area contributed by atoms with Crippen molar-refractivity contribution < 1.29 is 4.79 Å². The van der Waals surface area contributed by atoms with Crippen LogP contribution in [-0.4, -0.2) is 45.2 Å².